The zero-order valence-corrected chi connectivity index (χ0v) is 47.3. The predicted molar refractivity (Wildman–Crippen MR) is 282 cm³/mol. The zero-order valence-electron chi connectivity index (χ0n) is 46.4. The number of hydrogen-bond donors (Lipinski definition) is 6. The van der Waals surface area contributed by atoms with Crippen LogP contribution in [0.25, 0.3) is 0 Å². The van der Waals surface area contributed by atoms with Crippen LogP contribution in [0.3, 0.4) is 0 Å². The number of ketones is 3. The molecule has 0 aromatic heterocycles. The van der Waals surface area contributed by atoms with Gasteiger partial charge < -0.3 is 74.1 Å². The van der Waals surface area contributed by atoms with Gasteiger partial charge in [-0.05, 0) is 57.8 Å². The molecule has 442 valence electrons. The Morgan fingerprint density at radius 1 is 0.500 bits per heavy atom. The lowest BCUT2D eigenvalue weighted by atomic mass is 9.91. The second-order valence-electron chi connectivity index (χ2n) is 18.9. The largest absolute Gasteiger partial charge is 0.778 e. The van der Waals surface area contributed by atoms with Crippen molar-refractivity contribution in [3.63, 3.8) is 0 Å². The van der Waals surface area contributed by atoms with Crippen molar-refractivity contribution in [1.82, 2.24) is 26.6 Å². The first-order valence-electron chi connectivity index (χ1n) is 27.2. The maximum atomic E-state index is 14.2. The van der Waals surface area contributed by atoms with Crippen molar-refractivity contribution in [3.8, 4) is 0 Å². The Hall–Kier alpha value is -3.77. The van der Waals surface area contributed by atoms with Gasteiger partial charge in [0.2, 0.25) is 29.5 Å². The molecule has 4 atom stereocenters. The molecule has 0 spiro atoms. The quantitative estimate of drug-likeness (QED) is 0.0377. The summed E-state index contributed by atoms with van der Waals surface area (Å²) in [4.78, 5) is 115. The maximum Gasteiger partial charge on any atom is 0.223 e. The average molecular weight is 1110 g/mol. The molecule has 23 nitrogen and oxygen atoms in total. The van der Waals surface area contributed by atoms with Crippen molar-refractivity contribution in [1.29, 1.82) is 0 Å². The van der Waals surface area contributed by atoms with Crippen LogP contribution < -0.4 is 31.5 Å². The fraction of sp³-hybridized carbons (Fsp3) is 0.846. The van der Waals surface area contributed by atoms with Crippen molar-refractivity contribution in [2.45, 2.75) is 154 Å². The Labute approximate surface area is 451 Å². The number of Topliss-reactive ketones (excluding diaryl/α,β-unsaturated/α-hetero) is 3. The van der Waals surface area contributed by atoms with Gasteiger partial charge in [-0.3, -0.25) is 38.4 Å². The molecule has 0 rings (SSSR count). The number of methoxy groups -OCH3 is 3. The second-order valence-corrected chi connectivity index (χ2v) is 21.3. The standard InChI is InChI=1S/C52H96N5O18P/c1-41(2)76(67,68)75-40-42(39-58)14-6-9-27-56-52(66)43(15-7-10-25-54-49(63)23-24-50(64)55-28-31-74-37-34-71-5)38-47(61)46(57-51(65)22-20-45(60)17-13-30-73-36-33-70-4)18-8-11-26-53-48(62)21-19-44(59)16-12-29-72-35-32-69-3/h41-43,46,58H,6-40H2,1-5H3,(H,53,62)(H,54,63)(H,55,64)(H,56,66)(H,57,65)(H,67,68)/p-1. The van der Waals surface area contributed by atoms with E-state index in [0.29, 0.717) is 130 Å². The Morgan fingerprint density at radius 3 is 1.45 bits per heavy atom. The number of unbranched alkanes of at least 4 members (excludes halogenated alkanes) is 3. The van der Waals surface area contributed by atoms with Crippen LogP contribution in [0.5, 0.6) is 0 Å². The third-order valence-corrected chi connectivity index (χ3v) is 13.8. The molecule has 0 fully saturated rings. The van der Waals surface area contributed by atoms with E-state index in [1.807, 2.05) is 0 Å². The first-order chi connectivity index (χ1) is 36.5. The molecular formula is C52H95N5O18P-. The molecule has 0 radical (unpaired) electrons. The molecule has 76 heavy (non-hydrogen) atoms. The minimum Gasteiger partial charge on any atom is -0.778 e. The molecule has 0 bridgehead atoms. The van der Waals surface area contributed by atoms with Gasteiger partial charge in [0.05, 0.1) is 58.9 Å². The lowest BCUT2D eigenvalue weighted by molar-refractivity contribution is -0.202. The number of nitrogens with one attached hydrogen (secondary N) is 5. The van der Waals surface area contributed by atoms with Gasteiger partial charge in [0.25, 0.3) is 0 Å². The molecule has 0 aliphatic heterocycles. The summed E-state index contributed by atoms with van der Waals surface area (Å²) >= 11 is 0. The lowest BCUT2D eigenvalue weighted by Crippen LogP contribution is -2.43. The van der Waals surface area contributed by atoms with Gasteiger partial charge in [-0.1, -0.05) is 26.7 Å². The van der Waals surface area contributed by atoms with Gasteiger partial charge in [0.1, 0.15) is 19.2 Å². The normalized spacial score (nSPS) is 13.3. The maximum absolute atomic E-state index is 14.2. The highest BCUT2D eigenvalue weighted by Gasteiger charge is 2.28. The number of aliphatic hydroxyl groups excluding tert-OH is 1. The monoisotopic (exact) mass is 1110 g/mol. The number of amides is 5. The van der Waals surface area contributed by atoms with E-state index in [9.17, 15) is 52.9 Å². The molecule has 0 aliphatic rings. The third kappa shape index (κ3) is 42.3. The van der Waals surface area contributed by atoms with Gasteiger partial charge in [-0.2, -0.15) is 0 Å². The van der Waals surface area contributed by atoms with E-state index < -0.39 is 48.7 Å². The zero-order chi connectivity index (χ0) is 56.7. The number of carbonyl (C=O) groups is 8. The van der Waals surface area contributed by atoms with Crippen molar-refractivity contribution in [2.75, 3.05) is 120 Å². The molecular weight excluding hydrogens is 1010 g/mol. The molecule has 5 amide bonds. The molecule has 0 saturated heterocycles. The molecule has 0 saturated carbocycles. The summed E-state index contributed by atoms with van der Waals surface area (Å²) in [6.07, 6.45) is 4.92. The molecule has 24 heteroatoms. The van der Waals surface area contributed by atoms with Crippen molar-refractivity contribution in [2.24, 2.45) is 11.8 Å². The Balaban J connectivity index is 5.72. The van der Waals surface area contributed by atoms with E-state index in [1.54, 1.807) is 21.3 Å². The van der Waals surface area contributed by atoms with Crippen LogP contribution in [0.15, 0.2) is 0 Å². The molecule has 0 aromatic rings. The fourth-order valence-corrected chi connectivity index (χ4v) is 7.94. The van der Waals surface area contributed by atoms with Crippen molar-refractivity contribution >= 4 is 54.5 Å². The van der Waals surface area contributed by atoms with Gasteiger partial charge in [-0.15, -0.1) is 0 Å². The van der Waals surface area contributed by atoms with E-state index >= 15 is 0 Å². The minimum absolute atomic E-state index is 0.00735. The topological polar surface area (TPSA) is 322 Å². The Kier molecular flexibility index (Phi) is 46.0. The smallest absolute Gasteiger partial charge is 0.223 e. The summed E-state index contributed by atoms with van der Waals surface area (Å²) in [6, 6.07) is -1.00. The second kappa shape index (κ2) is 48.4. The van der Waals surface area contributed by atoms with Crippen LogP contribution in [-0.4, -0.2) is 184 Å². The molecule has 4 unspecified atom stereocenters. The number of ether oxygens (including phenoxy) is 6. The molecule has 0 aliphatic carbocycles. The van der Waals surface area contributed by atoms with E-state index in [-0.39, 0.29) is 126 Å². The van der Waals surface area contributed by atoms with Gasteiger partial charge in [-0.25, -0.2) is 0 Å². The van der Waals surface area contributed by atoms with Crippen molar-refractivity contribution in [3.05, 3.63) is 0 Å². The summed E-state index contributed by atoms with van der Waals surface area (Å²) in [6.45, 7) is 7.34. The number of carbonyl (C=O) groups excluding carboxylic acids is 8. The number of rotatable bonds is 54. The van der Waals surface area contributed by atoms with Gasteiger partial charge >= 0.3 is 0 Å². The van der Waals surface area contributed by atoms with Crippen molar-refractivity contribution < 1.29 is 85.9 Å². The fourth-order valence-electron chi connectivity index (χ4n) is 7.22. The highest BCUT2D eigenvalue weighted by atomic mass is 31.2. The predicted octanol–water partition coefficient (Wildman–Crippen LogP) is 2.64. The lowest BCUT2D eigenvalue weighted by Gasteiger charge is -2.28. The third-order valence-electron chi connectivity index (χ3n) is 12.0. The molecule has 0 aromatic carbocycles. The summed E-state index contributed by atoms with van der Waals surface area (Å²) in [5.74, 6) is -3.60. The minimum atomic E-state index is -4.06. The first kappa shape index (κ1) is 72.2. The highest BCUT2D eigenvalue weighted by molar-refractivity contribution is 7.52. The number of hydrogen-bond acceptors (Lipinski definition) is 18. The summed E-state index contributed by atoms with van der Waals surface area (Å²) < 4.78 is 48.1. The average Bonchev–Trinajstić information content (AvgIpc) is 3.39. The summed E-state index contributed by atoms with van der Waals surface area (Å²) in [5, 5.41) is 23.8. The van der Waals surface area contributed by atoms with Crippen LogP contribution in [0.1, 0.15) is 142 Å². The summed E-state index contributed by atoms with van der Waals surface area (Å²) in [5.41, 5.74) is -0.702. The molecule has 0 heterocycles. The van der Waals surface area contributed by atoms with E-state index in [1.165, 1.54) is 13.8 Å². The van der Waals surface area contributed by atoms with E-state index in [4.69, 9.17) is 32.9 Å². The van der Waals surface area contributed by atoms with E-state index in [0.717, 1.165) is 0 Å². The van der Waals surface area contributed by atoms with Crippen LogP contribution in [0.2, 0.25) is 0 Å². The van der Waals surface area contributed by atoms with Crippen LogP contribution in [0, 0.1) is 11.8 Å². The van der Waals surface area contributed by atoms with E-state index in [2.05, 4.69) is 26.6 Å². The van der Waals surface area contributed by atoms with Crippen LogP contribution in [0.4, 0.5) is 0 Å². The number of aliphatic hydroxyl groups is 1. The van der Waals surface area contributed by atoms with Gasteiger partial charge in [0, 0.05) is 143 Å². The highest BCUT2D eigenvalue weighted by Crippen LogP contribution is 2.42. The molecule has 6 N–H and O–H groups in total. The first-order valence-corrected chi connectivity index (χ1v) is 28.8. The van der Waals surface area contributed by atoms with Crippen LogP contribution >= 0.6 is 7.60 Å². The SMILES string of the molecule is COCCOCCCC(=O)CCC(=O)NCCCCC(NC(=O)CCC(=O)CCCOCCOC)C(=O)CC(CCCCNC(=O)CCC(=O)NCCOCCOC)C(=O)NCCCCC(CO)COP(=O)([O-])C(C)C. The summed E-state index contributed by atoms with van der Waals surface area (Å²) in [7, 11) is 0.633. The Bertz CT molecular complexity index is 1660. The Morgan fingerprint density at radius 2 is 0.947 bits per heavy atom. The van der Waals surface area contributed by atoms with Gasteiger partial charge in [0.15, 0.2) is 5.78 Å². The van der Waals surface area contributed by atoms with Crippen LogP contribution in [-0.2, 0) is 75.9 Å².